The molecular formula is C13H14O2. The van der Waals surface area contributed by atoms with E-state index >= 15 is 0 Å². The summed E-state index contributed by atoms with van der Waals surface area (Å²) >= 11 is 0. The Kier molecular flexibility index (Phi) is 4.99. The molecule has 0 bridgehead atoms. The van der Waals surface area contributed by atoms with Gasteiger partial charge in [-0.05, 0) is 24.6 Å². The van der Waals surface area contributed by atoms with E-state index in [1.165, 1.54) is 6.08 Å². The number of rotatable bonds is 4. The van der Waals surface area contributed by atoms with Crippen LogP contribution in [0.4, 0.5) is 0 Å². The maximum absolute atomic E-state index is 11.2. The fraction of sp³-hybridized carbons (Fsp3) is 0.231. The number of carbonyl (C=O) groups is 1. The van der Waals surface area contributed by atoms with Crippen LogP contribution in [0.2, 0.25) is 0 Å². The van der Waals surface area contributed by atoms with E-state index in [4.69, 9.17) is 4.74 Å². The molecule has 0 fully saturated rings. The first kappa shape index (κ1) is 11.3. The van der Waals surface area contributed by atoms with Crippen LogP contribution in [0.25, 0.3) is 0 Å². The van der Waals surface area contributed by atoms with E-state index in [1.807, 2.05) is 24.3 Å². The highest BCUT2D eigenvalue weighted by Crippen LogP contribution is 2.08. The molecule has 0 spiro atoms. The minimum absolute atomic E-state index is 0.395. The van der Waals surface area contributed by atoms with E-state index in [1.54, 1.807) is 12.1 Å². The molecular weight excluding hydrogens is 188 g/mol. The third kappa shape index (κ3) is 4.84. The van der Waals surface area contributed by atoms with E-state index in [0.717, 1.165) is 12.8 Å². The topological polar surface area (TPSA) is 26.3 Å². The van der Waals surface area contributed by atoms with Crippen molar-refractivity contribution in [2.75, 3.05) is 0 Å². The third-order valence-electron chi connectivity index (χ3n) is 1.71. The van der Waals surface area contributed by atoms with Crippen molar-refractivity contribution in [3.63, 3.8) is 0 Å². The Bertz CT molecular complexity index is 359. The van der Waals surface area contributed by atoms with Gasteiger partial charge in [-0.3, -0.25) is 0 Å². The molecule has 0 amide bonds. The standard InChI is InChI=1S/C13H14O2/c1-2-3-4-8-11-13(14)15-12-9-6-5-7-10-12/h4-7,9-11H,2-3H2,1H3. The number of esters is 1. The van der Waals surface area contributed by atoms with Gasteiger partial charge in [0.05, 0.1) is 6.08 Å². The zero-order chi connectivity index (χ0) is 10.9. The Balaban J connectivity index is 2.47. The predicted octanol–water partition coefficient (Wildman–Crippen LogP) is 3.10. The largest absolute Gasteiger partial charge is 0.423 e. The quantitative estimate of drug-likeness (QED) is 0.324. The molecule has 1 rings (SSSR count). The highest BCUT2D eigenvalue weighted by Gasteiger charge is 1.97. The van der Waals surface area contributed by atoms with Gasteiger partial charge in [0, 0.05) is 0 Å². The first-order valence-corrected chi connectivity index (χ1v) is 5.00. The number of ether oxygens (including phenoxy) is 1. The highest BCUT2D eigenvalue weighted by molar-refractivity contribution is 5.83. The SMILES string of the molecule is CCCC=C=CC(=O)Oc1ccccc1. The van der Waals surface area contributed by atoms with Crippen LogP contribution in [-0.2, 0) is 4.79 Å². The summed E-state index contributed by atoms with van der Waals surface area (Å²) in [4.78, 5) is 11.2. The fourth-order valence-corrected chi connectivity index (χ4v) is 0.989. The van der Waals surface area contributed by atoms with E-state index < -0.39 is 5.97 Å². The average Bonchev–Trinajstić information content (AvgIpc) is 2.26. The molecule has 2 nitrogen and oxygen atoms in total. The van der Waals surface area contributed by atoms with Crippen LogP contribution in [0.3, 0.4) is 0 Å². The summed E-state index contributed by atoms with van der Waals surface area (Å²) < 4.78 is 5.02. The first-order valence-electron chi connectivity index (χ1n) is 5.00. The van der Waals surface area contributed by atoms with Gasteiger partial charge in [0.25, 0.3) is 0 Å². The number of hydrogen-bond donors (Lipinski definition) is 0. The molecule has 0 heterocycles. The summed E-state index contributed by atoms with van der Waals surface area (Å²) in [5, 5.41) is 0. The molecule has 0 aliphatic rings. The minimum atomic E-state index is -0.395. The molecule has 0 atom stereocenters. The van der Waals surface area contributed by atoms with Gasteiger partial charge in [-0.25, -0.2) is 4.79 Å². The minimum Gasteiger partial charge on any atom is -0.423 e. The molecule has 0 unspecified atom stereocenters. The van der Waals surface area contributed by atoms with Crippen LogP contribution in [0, 0.1) is 0 Å². The van der Waals surface area contributed by atoms with Gasteiger partial charge in [0.15, 0.2) is 0 Å². The monoisotopic (exact) mass is 202 g/mol. The second kappa shape index (κ2) is 6.63. The lowest BCUT2D eigenvalue weighted by molar-refractivity contribution is -0.128. The van der Waals surface area contributed by atoms with Gasteiger partial charge in [0.2, 0.25) is 0 Å². The molecule has 0 radical (unpaired) electrons. The summed E-state index contributed by atoms with van der Waals surface area (Å²) in [5.74, 6) is 0.157. The zero-order valence-electron chi connectivity index (χ0n) is 8.77. The van der Waals surface area contributed by atoms with E-state index in [2.05, 4.69) is 12.7 Å². The molecule has 0 saturated heterocycles. The second-order valence-corrected chi connectivity index (χ2v) is 3.04. The van der Waals surface area contributed by atoms with Crippen molar-refractivity contribution in [2.24, 2.45) is 0 Å². The lowest BCUT2D eigenvalue weighted by Crippen LogP contribution is -2.02. The Morgan fingerprint density at radius 2 is 2.13 bits per heavy atom. The van der Waals surface area contributed by atoms with Crippen molar-refractivity contribution in [2.45, 2.75) is 19.8 Å². The third-order valence-corrected chi connectivity index (χ3v) is 1.71. The summed E-state index contributed by atoms with van der Waals surface area (Å²) in [6.45, 7) is 2.07. The van der Waals surface area contributed by atoms with Gasteiger partial charge < -0.3 is 4.74 Å². The van der Waals surface area contributed by atoms with Crippen molar-refractivity contribution in [1.29, 1.82) is 0 Å². The molecule has 78 valence electrons. The van der Waals surface area contributed by atoms with E-state index in [9.17, 15) is 4.79 Å². The Labute approximate surface area is 89.9 Å². The molecule has 15 heavy (non-hydrogen) atoms. The Hall–Kier alpha value is -1.79. The number of para-hydroxylation sites is 1. The number of unbranched alkanes of at least 4 members (excludes halogenated alkanes) is 1. The van der Waals surface area contributed by atoms with Crippen LogP contribution in [-0.4, -0.2) is 5.97 Å². The highest BCUT2D eigenvalue weighted by atomic mass is 16.5. The average molecular weight is 202 g/mol. The van der Waals surface area contributed by atoms with E-state index in [0.29, 0.717) is 5.75 Å². The molecule has 1 aromatic rings. The van der Waals surface area contributed by atoms with Crippen LogP contribution in [0.1, 0.15) is 19.8 Å². The normalized spacial score (nSPS) is 8.87. The first-order chi connectivity index (χ1) is 7.33. The predicted molar refractivity (Wildman–Crippen MR) is 59.6 cm³/mol. The van der Waals surface area contributed by atoms with Crippen LogP contribution >= 0.6 is 0 Å². The van der Waals surface area contributed by atoms with Crippen molar-refractivity contribution in [1.82, 2.24) is 0 Å². The van der Waals surface area contributed by atoms with Gasteiger partial charge in [-0.2, -0.15) is 0 Å². The maximum Gasteiger partial charge on any atom is 0.343 e. The Morgan fingerprint density at radius 1 is 1.40 bits per heavy atom. The van der Waals surface area contributed by atoms with Crippen LogP contribution < -0.4 is 4.74 Å². The van der Waals surface area contributed by atoms with Crippen molar-refractivity contribution in [3.05, 3.63) is 48.2 Å². The molecule has 2 heteroatoms. The second-order valence-electron chi connectivity index (χ2n) is 3.04. The van der Waals surface area contributed by atoms with Crippen molar-refractivity contribution < 1.29 is 9.53 Å². The lowest BCUT2D eigenvalue weighted by atomic mass is 10.3. The van der Waals surface area contributed by atoms with Crippen molar-refractivity contribution in [3.8, 4) is 5.75 Å². The van der Waals surface area contributed by atoms with Crippen molar-refractivity contribution >= 4 is 5.97 Å². The molecule has 0 aromatic heterocycles. The van der Waals surface area contributed by atoms with E-state index in [-0.39, 0.29) is 0 Å². The van der Waals surface area contributed by atoms with Gasteiger partial charge >= 0.3 is 5.97 Å². The molecule has 0 aliphatic carbocycles. The molecule has 0 N–H and O–H groups in total. The number of hydrogen-bond acceptors (Lipinski definition) is 2. The molecule has 1 aromatic carbocycles. The number of carbonyl (C=O) groups excluding carboxylic acids is 1. The van der Waals surface area contributed by atoms with Crippen LogP contribution in [0.5, 0.6) is 5.75 Å². The summed E-state index contributed by atoms with van der Waals surface area (Å²) in [6.07, 6.45) is 5.11. The zero-order valence-corrected chi connectivity index (χ0v) is 8.77. The summed E-state index contributed by atoms with van der Waals surface area (Å²) in [7, 11) is 0. The van der Waals surface area contributed by atoms with Gasteiger partial charge in [0.1, 0.15) is 5.75 Å². The Morgan fingerprint density at radius 3 is 2.80 bits per heavy atom. The van der Waals surface area contributed by atoms with Gasteiger partial charge in [-0.1, -0.05) is 31.5 Å². The van der Waals surface area contributed by atoms with Gasteiger partial charge in [-0.15, -0.1) is 5.73 Å². The summed E-state index contributed by atoms with van der Waals surface area (Å²) in [6, 6.07) is 8.98. The maximum atomic E-state index is 11.2. The van der Waals surface area contributed by atoms with Crippen LogP contribution in [0.15, 0.2) is 48.2 Å². The summed E-state index contributed by atoms with van der Waals surface area (Å²) in [5.41, 5.74) is 2.78. The molecule has 0 aliphatic heterocycles. The number of benzene rings is 1. The fourth-order valence-electron chi connectivity index (χ4n) is 0.989. The molecule has 0 saturated carbocycles. The smallest absolute Gasteiger partial charge is 0.343 e. The lowest BCUT2D eigenvalue weighted by Gasteiger charge is -1.98.